The minimum Gasteiger partial charge on any atom is -0.370 e. The van der Waals surface area contributed by atoms with Crippen LogP contribution in [-0.4, -0.2) is 53.5 Å². The monoisotopic (exact) mass is 463 g/mol. The lowest BCUT2D eigenvalue weighted by Gasteiger charge is -2.31. The summed E-state index contributed by atoms with van der Waals surface area (Å²) in [5.41, 5.74) is 7.38. The maximum absolute atomic E-state index is 6.16. The molecule has 0 aromatic carbocycles. The molecule has 0 unspecified atom stereocenters. The molecule has 0 bridgehead atoms. The van der Waals surface area contributed by atoms with E-state index >= 15 is 0 Å². The van der Waals surface area contributed by atoms with Crippen molar-refractivity contribution in [2.45, 2.75) is 45.6 Å². The Morgan fingerprint density at radius 1 is 1.25 bits per heavy atom. The Balaban J connectivity index is 0.00000208. The maximum Gasteiger partial charge on any atom is 0.191 e. The van der Waals surface area contributed by atoms with Gasteiger partial charge in [-0.3, -0.25) is 9.89 Å². The smallest absolute Gasteiger partial charge is 0.191 e. The largest absolute Gasteiger partial charge is 0.370 e. The molecule has 2 aliphatic rings. The third kappa shape index (κ3) is 5.84. The fourth-order valence-corrected chi connectivity index (χ4v) is 4.09. The Kier molecular flexibility index (Phi) is 8.22. The summed E-state index contributed by atoms with van der Waals surface area (Å²) < 4.78 is 0. The first-order chi connectivity index (χ1) is 11.2. The molecular weight excluding hydrogens is 433 g/mol. The number of aromatic nitrogens is 1. The van der Waals surface area contributed by atoms with Crippen LogP contribution in [0.4, 0.5) is 0 Å². The SMILES string of the molecule is Cc1nc(CN2CCC(CN=C(N)N3CCCCC3)CC2)cs1.I. The third-order valence-corrected chi connectivity index (χ3v) is 5.77. The molecule has 0 saturated carbocycles. The van der Waals surface area contributed by atoms with Crippen LogP contribution >= 0.6 is 35.3 Å². The first-order valence-corrected chi connectivity index (χ1v) is 9.77. The van der Waals surface area contributed by atoms with E-state index in [1.807, 2.05) is 0 Å². The minimum atomic E-state index is 0. The van der Waals surface area contributed by atoms with Crippen molar-refractivity contribution in [2.75, 3.05) is 32.7 Å². The number of guanidine groups is 1. The first-order valence-electron chi connectivity index (χ1n) is 8.89. The van der Waals surface area contributed by atoms with Gasteiger partial charge in [0.15, 0.2) is 5.96 Å². The lowest BCUT2D eigenvalue weighted by Crippen LogP contribution is -2.41. The summed E-state index contributed by atoms with van der Waals surface area (Å²) >= 11 is 1.74. The van der Waals surface area contributed by atoms with E-state index in [4.69, 9.17) is 5.73 Å². The lowest BCUT2D eigenvalue weighted by atomic mass is 9.97. The van der Waals surface area contributed by atoms with Crippen molar-refractivity contribution < 1.29 is 0 Å². The zero-order valence-corrected chi connectivity index (χ0v) is 17.8. The summed E-state index contributed by atoms with van der Waals surface area (Å²) in [4.78, 5) is 14.0. The van der Waals surface area contributed by atoms with Crippen molar-refractivity contribution in [3.63, 3.8) is 0 Å². The quantitative estimate of drug-likeness (QED) is 0.424. The zero-order chi connectivity index (χ0) is 16.1. The number of aryl methyl sites for hydroxylation is 1. The van der Waals surface area contributed by atoms with Gasteiger partial charge in [0.2, 0.25) is 0 Å². The standard InChI is InChI=1S/C17H29N5S.HI/c1-14-20-16(13-23-14)12-21-9-5-15(6-10-21)11-19-17(18)22-7-3-2-4-8-22;/h13,15H,2-12H2,1H3,(H2,18,19);1H. The van der Waals surface area contributed by atoms with Gasteiger partial charge in [0, 0.05) is 31.6 Å². The number of piperidine rings is 2. The topological polar surface area (TPSA) is 57.8 Å². The Hall–Kier alpha value is -0.410. The van der Waals surface area contributed by atoms with Crippen LogP contribution in [0.2, 0.25) is 0 Å². The van der Waals surface area contributed by atoms with Crippen LogP contribution in [0.5, 0.6) is 0 Å². The molecule has 136 valence electrons. The maximum atomic E-state index is 6.16. The molecule has 0 aliphatic carbocycles. The summed E-state index contributed by atoms with van der Waals surface area (Å²) in [5, 5.41) is 3.35. The number of rotatable bonds is 4. The third-order valence-electron chi connectivity index (χ3n) is 4.95. The predicted octanol–water partition coefficient (Wildman–Crippen LogP) is 3.08. The second-order valence-corrected chi connectivity index (χ2v) is 7.89. The summed E-state index contributed by atoms with van der Waals surface area (Å²) in [6, 6.07) is 0. The molecule has 2 N–H and O–H groups in total. The molecule has 2 fully saturated rings. The Morgan fingerprint density at radius 3 is 2.58 bits per heavy atom. The molecule has 0 atom stereocenters. The Morgan fingerprint density at radius 2 is 1.96 bits per heavy atom. The molecule has 0 spiro atoms. The van der Waals surface area contributed by atoms with Crippen molar-refractivity contribution >= 4 is 41.3 Å². The van der Waals surface area contributed by atoms with Crippen LogP contribution in [-0.2, 0) is 6.54 Å². The number of nitrogens with two attached hydrogens (primary N) is 1. The van der Waals surface area contributed by atoms with Gasteiger partial charge in [0.1, 0.15) is 0 Å². The fourth-order valence-electron chi connectivity index (χ4n) is 3.48. The first kappa shape index (κ1) is 19.9. The highest BCUT2D eigenvalue weighted by molar-refractivity contribution is 14.0. The van der Waals surface area contributed by atoms with Crippen LogP contribution in [0, 0.1) is 12.8 Å². The average Bonchev–Trinajstić information content (AvgIpc) is 2.99. The molecule has 24 heavy (non-hydrogen) atoms. The summed E-state index contributed by atoms with van der Waals surface area (Å²) in [5.74, 6) is 1.46. The van der Waals surface area contributed by atoms with E-state index in [0.29, 0.717) is 5.92 Å². The van der Waals surface area contributed by atoms with Crippen molar-refractivity contribution in [1.82, 2.24) is 14.8 Å². The molecule has 3 heterocycles. The molecule has 2 saturated heterocycles. The van der Waals surface area contributed by atoms with E-state index in [0.717, 1.165) is 50.2 Å². The van der Waals surface area contributed by atoms with Gasteiger partial charge in [-0.1, -0.05) is 0 Å². The highest BCUT2D eigenvalue weighted by Crippen LogP contribution is 2.20. The molecule has 5 nitrogen and oxygen atoms in total. The van der Waals surface area contributed by atoms with Crippen LogP contribution < -0.4 is 5.73 Å². The highest BCUT2D eigenvalue weighted by Gasteiger charge is 2.20. The summed E-state index contributed by atoms with van der Waals surface area (Å²) in [6.45, 7) is 8.44. The number of hydrogen-bond donors (Lipinski definition) is 1. The van der Waals surface area contributed by atoms with Gasteiger partial charge in [-0.05, 0) is 58.0 Å². The Bertz CT molecular complexity index is 519. The van der Waals surface area contributed by atoms with Gasteiger partial charge < -0.3 is 10.6 Å². The van der Waals surface area contributed by atoms with Crippen LogP contribution in [0.1, 0.15) is 42.8 Å². The van der Waals surface area contributed by atoms with E-state index in [-0.39, 0.29) is 24.0 Å². The van der Waals surface area contributed by atoms with Crippen LogP contribution in [0.15, 0.2) is 10.4 Å². The van der Waals surface area contributed by atoms with Gasteiger partial charge in [-0.25, -0.2) is 4.98 Å². The average molecular weight is 463 g/mol. The molecule has 1 aromatic rings. The van der Waals surface area contributed by atoms with Gasteiger partial charge in [-0.15, -0.1) is 35.3 Å². The molecule has 0 amide bonds. The van der Waals surface area contributed by atoms with Crippen molar-refractivity contribution in [2.24, 2.45) is 16.6 Å². The van der Waals surface area contributed by atoms with Crippen molar-refractivity contribution in [1.29, 1.82) is 0 Å². The number of likely N-dealkylation sites (tertiary alicyclic amines) is 2. The number of nitrogens with zero attached hydrogens (tertiary/aromatic N) is 4. The van der Waals surface area contributed by atoms with Gasteiger partial charge in [-0.2, -0.15) is 0 Å². The molecule has 7 heteroatoms. The lowest BCUT2D eigenvalue weighted by molar-refractivity contribution is 0.179. The number of thiazole rings is 1. The second-order valence-electron chi connectivity index (χ2n) is 6.82. The van der Waals surface area contributed by atoms with E-state index in [9.17, 15) is 0 Å². The molecule has 2 aliphatic heterocycles. The van der Waals surface area contributed by atoms with Gasteiger partial charge >= 0.3 is 0 Å². The molecule has 0 radical (unpaired) electrons. The highest BCUT2D eigenvalue weighted by atomic mass is 127. The van der Waals surface area contributed by atoms with Crippen molar-refractivity contribution in [3.05, 3.63) is 16.1 Å². The molecular formula is C17H30IN5S. The number of aliphatic imine (C=N–C) groups is 1. The number of hydrogen-bond acceptors (Lipinski definition) is 4. The van der Waals surface area contributed by atoms with E-state index in [1.54, 1.807) is 11.3 Å². The summed E-state index contributed by atoms with van der Waals surface area (Å²) in [7, 11) is 0. The second kappa shape index (κ2) is 9.91. The van der Waals surface area contributed by atoms with Gasteiger partial charge in [0.25, 0.3) is 0 Å². The van der Waals surface area contributed by atoms with Crippen molar-refractivity contribution in [3.8, 4) is 0 Å². The zero-order valence-electron chi connectivity index (χ0n) is 14.6. The van der Waals surface area contributed by atoms with E-state index < -0.39 is 0 Å². The fraction of sp³-hybridized carbons (Fsp3) is 0.765. The Labute approximate surface area is 166 Å². The minimum absolute atomic E-state index is 0. The van der Waals surface area contributed by atoms with Crippen LogP contribution in [0.3, 0.4) is 0 Å². The van der Waals surface area contributed by atoms with Gasteiger partial charge in [0.05, 0.1) is 10.7 Å². The normalized spacial score (nSPS) is 20.9. The predicted molar refractivity (Wildman–Crippen MR) is 112 cm³/mol. The summed E-state index contributed by atoms with van der Waals surface area (Å²) in [6.07, 6.45) is 6.29. The molecule has 3 rings (SSSR count). The number of halogens is 1. The molecule has 1 aromatic heterocycles. The van der Waals surface area contributed by atoms with Crippen LogP contribution in [0.25, 0.3) is 0 Å². The van der Waals surface area contributed by atoms with E-state index in [1.165, 1.54) is 37.8 Å². The van der Waals surface area contributed by atoms with E-state index in [2.05, 4.69) is 32.1 Å².